The van der Waals surface area contributed by atoms with Crippen molar-refractivity contribution in [1.29, 1.82) is 0 Å². The highest BCUT2D eigenvalue weighted by atomic mass is 16.3. The van der Waals surface area contributed by atoms with Gasteiger partial charge in [-0.05, 0) is 13.8 Å². The largest absolute Gasteiger partial charge is 0.391 e. The van der Waals surface area contributed by atoms with Crippen molar-refractivity contribution in [3.63, 3.8) is 0 Å². The standard InChI is InChI=1S/C8H14N2O3/c1-5(6(2)11)10-7(12)4-9(3)8(10)13/h5-6,11H,4H2,1-3H3. The Balaban J connectivity index is 2.80. The molecule has 1 rings (SSSR count). The van der Waals surface area contributed by atoms with E-state index in [1.165, 1.54) is 4.90 Å². The molecule has 0 aromatic heterocycles. The molecule has 1 N–H and O–H groups in total. The number of aliphatic hydroxyl groups excluding tert-OH is 1. The molecule has 2 atom stereocenters. The van der Waals surface area contributed by atoms with Crippen LogP contribution in [0.2, 0.25) is 0 Å². The van der Waals surface area contributed by atoms with Gasteiger partial charge in [-0.15, -0.1) is 0 Å². The quantitative estimate of drug-likeness (QED) is 0.599. The number of imide groups is 1. The third-order valence-electron chi connectivity index (χ3n) is 2.28. The maximum Gasteiger partial charge on any atom is 0.327 e. The van der Waals surface area contributed by atoms with Crippen LogP contribution >= 0.6 is 0 Å². The van der Waals surface area contributed by atoms with Gasteiger partial charge < -0.3 is 10.0 Å². The van der Waals surface area contributed by atoms with E-state index < -0.39 is 12.1 Å². The van der Waals surface area contributed by atoms with E-state index in [1.54, 1.807) is 20.9 Å². The number of amides is 3. The Labute approximate surface area is 76.9 Å². The van der Waals surface area contributed by atoms with Crippen LogP contribution in [0, 0.1) is 0 Å². The number of nitrogens with zero attached hydrogens (tertiary/aromatic N) is 2. The Hall–Kier alpha value is -1.10. The number of carbonyl (C=O) groups is 2. The maximum atomic E-state index is 11.4. The van der Waals surface area contributed by atoms with E-state index in [-0.39, 0.29) is 18.5 Å². The third kappa shape index (κ3) is 1.65. The van der Waals surface area contributed by atoms with Crippen LogP contribution in [0.25, 0.3) is 0 Å². The fraction of sp³-hybridized carbons (Fsp3) is 0.750. The first-order chi connectivity index (χ1) is 5.95. The summed E-state index contributed by atoms with van der Waals surface area (Å²) in [4.78, 5) is 25.1. The minimum absolute atomic E-state index is 0.107. The van der Waals surface area contributed by atoms with Crippen LogP contribution in [0.5, 0.6) is 0 Å². The van der Waals surface area contributed by atoms with E-state index in [0.29, 0.717) is 0 Å². The summed E-state index contributed by atoms with van der Waals surface area (Å²) in [5, 5.41) is 9.24. The molecule has 0 saturated carbocycles. The van der Waals surface area contributed by atoms with E-state index >= 15 is 0 Å². The molecule has 13 heavy (non-hydrogen) atoms. The normalized spacial score (nSPS) is 22.5. The van der Waals surface area contributed by atoms with Crippen LogP contribution < -0.4 is 0 Å². The number of likely N-dealkylation sites (N-methyl/N-ethyl adjacent to an activating group) is 1. The number of hydrogen-bond donors (Lipinski definition) is 1. The smallest absolute Gasteiger partial charge is 0.327 e. The highest BCUT2D eigenvalue weighted by Gasteiger charge is 2.38. The fourth-order valence-electron chi connectivity index (χ4n) is 1.25. The summed E-state index contributed by atoms with van der Waals surface area (Å²) in [6, 6.07) is -0.789. The molecule has 74 valence electrons. The van der Waals surface area contributed by atoms with E-state index in [2.05, 4.69) is 0 Å². The van der Waals surface area contributed by atoms with Gasteiger partial charge in [0.25, 0.3) is 5.91 Å². The molecule has 1 aliphatic rings. The molecule has 0 spiro atoms. The molecule has 0 bridgehead atoms. The second kappa shape index (κ2) is 3.33. The number of rotatable bonds is 2. The topological polar surface area (TPSA) is 60.9 Å². The number of aliphatic hydroxyl groups is 1. The van der Waals surface area contributed by atoms with E-state index in [1.807, 2.05) is 0 Å². The number of hydrogen-bond acceptors (Lipinski definition) is 3. The van der Waals surface area contributed by atoms with Crippen molar-refractivity contribution in [3.05, 3.63) is 0 Å². The molecule has 2 unspecified atom stereocenters. The van der Waals surface area contributed by atoms with Gasteiger partial charge in [0.2, 0.25) is 0 Å². The van der Waals surface area contributed by atoms with Gasteiger partial charge in [0.15, 0.2) is 0 Å². The van der Waals surface area contributed by atoms with Crippen LogP contribution in [-0.4, -0.2) is 52.6 Å². The summed E-state index contributed by atoms with van der Waals surface area (Å²) in [5.41, 5.74) is 0. The Kier molecular flexibility index (Phi) is 2.56. The summed E-state index contributed by atoms with van der Waals surface area (Å²) < 4.78 is 0. The fourth-order valence-corrected chi connectivity index (χ4v) is 1.25. The van der Waals surface area contributed by atoms with E-state index in [0.717, 1.165) is 4.90 Å². The van der Waals surface area contributed by atoms with E-state index in [9.17, 15) is 14.7 Å². The van der Waals surface area contributed by atoms with Crippen molar-refractivity contribution in [3.8, 4) is 0 Å². The zero-order valence-corrected chi connectivity index (χ0v) is 8.02. The average molecular weight is 186 g/mol. The molecular weight excluding hydrogens is 172 g/mol. The van der Waals surface area contributed by atoms with Gasteiger partial charge in [0.1, 0.15) is 6.54 Å². The van der Waals surface area contributed by atoms with Crippen LogP contribution in [0.1, 0.15) is 13.8 Å². The molecule has 0 aromatic rings. The Morgan fingerprint density at radius 2 is 1.92 bits per heavy atom. The summed E-state index contributed by atoms with van der Waals surface area (Å²) in [7, 11) is 1.56. The van der Waals surface area contributed by atoms with Crippen LogP contribution in [0.15, 0.2) is 0 Å². The zero-order valence-electron chi connectivity index (χ0n) is 8.02. The van der Waals surface area contributed by atoms with Crippen molar-refractivity contribution in [2.75, 3.05) is 13.6 Å². The molecule has 3 amide bonds. The van der Waals surface area contributed by atoms with Crippen molar-refractivity contribution in [2.24, 2.45) is 0 Å². The van der Waals surface area contributed by atoms with Gasteiger partial charge in [-0.3, -0.25) is 9.69 Å². The average Bonchev–Trinajstić information content (AvgIpc) is 2.26. The molecule has 0 aliphatic carbocycles. The highest BCUT2D eigenvalue weighted by Crippen LogP contribution is 2.14. The summed E-state index contributed by atoms with van der Waals surface area (Å²) in [6.07, 6.45) is -0.695. The molecule has 5 nitrogen and oxygen atoms in total. The first-order valence-corrected chi connectivity index (χ1v) is 4.20. The predicted molar refractivity (Wildman–Crippen MR) is 46.0 cm³/mol. The first kappa shape index (κ1) is 9.98. The Morgan fingerprint density at radius 1 is 1.38 bits per heavy atom. The van der Waals surface area contributed by atoms with Crippen molar-refractivity contribution >= 4 is 11.9 Å². The molecule has 0 radical (unpaired) electrons. The predicted octanol–water partition coefficient (Wildman–Crippen LogP) is -0.350. The molecule has 0 aromatic carbocycles. The lowest BCUT2D eigenvalue weighted by molar-refractivity contribution is -0.128. The molecule has 5 heteroatoms. The van der Waals surface area contributed by atoms with Gasteiger partial charge in [0.05, 0.1) is 12.1 Å². The monoisotopic (exact) mass is 186 g/mol. The molecule has 1 heterocycles. The van der Waals surface area contributed by atoms with Crippen LogP contribution in [0.4, 0.5) is 4.79 Å². The SMILES string of the molecule is CC(O)C(C)N1C(=O)CN(C)C1=O. The van der Waals surface area contributed by atoms with Crippen molar-refractivity contribution in [1.82, 2.24) is 9.80 Å². The molecular formula is C8H14N2O3. The summed E-state index contributed by atoms with van der Waals surface area (Å²) in [6.45, 7) is 3.32. The van der Waals surface area contributed by atoms with E-state index in [4.69, 9.17) is 0 Å². The van der Waals surface area contributed by atoms with Gasteiger partial charge in [-0.25, -0.2) is 4.79 Å². The maximum absolute atomic E-state index is 11.4. The highest BCUT2D eigenvalue weighted by molar-refractivity contribution is 6.02. The second-order valence-electron chi connectivity index (χ2n) is 3.38. The summed E-state index contributed by atoms with van der Waals surface area (Å²) in [5.74, 6) is -0.249. The Bertz CT molecular complexity index is 240. The van der Waals surface area contributed by atoms with Gasteiger partial charge in [-0.1, -0.05) is 0 Å². The molecule has 1 aliphatic heterocycles. The molecule has 1 saturated heterocycles. The molecule has 1 fully saturated rings. The van der Waals surface area contributed by atoms with Crippen molar-refractivity contribution < 1.29 is 14.7 Å². The number of urea groups is 1. The minimum atomic E-state index is -0.695. The van der Waals surface area contributed by atoms with Crippen molar-refractivity contribution in [2.45, 2.75) is 26.0 Å². The van der Waals surface area contributed by atoms with Crippen LogP contribution in [0.3, 0.4) is 0 Å². The second-order valence-corrected chi connectivity index (χ2v) is 3.38. The lowest BCUT2D eigenvalue weighted by atomic mass is 10.2. The number of carbonyl (C=O) groups excluding carboxylic acids is 2. The van der Waals surface area contributed by atoms with Gasteiger partial charge >= 0.3 is 6.03 Å². The van der Waals surface area contributed by atoms with Gasteiger partial charge in [-0.2, -0.15) is 0 Å². The lowest BCUT2D eigenvalue weighted by Gasteiger charge is -2.24. The lowest BCUT2D eigenvalue weighted by Crippen LogP contribution is -2.44. The minimum Gasteiger partial charge on any atom is -0.391 e. The third-order valence-corrected chi connectivity index (χ3v) is 2.28. The Morgan fingerprint density at radius 3 is 2.23 bits per heavy atom. The first-order valence-electron chi connectivity index (χ1n) is 4.20. The zero-order chi connectivity index (χ0) is 10.2. The van der Waals surface area contributed by atoms with Gasteiger partial charge in [0, 0.05) is 7.05 Å². The summed E-state index contributed by atoms with van der Waals surface area (Å²) >= 11 is 0. The van der Waals surface area contributed by atoms with Crippen LogP contribution in [-0.2, 0) is 4.79 Å².